The molecule has 0 saturated carbocycles. The number of rotatable bonds is 1. The minimum absolute atomic E-state index is 1.02. The highest BCUT2D eigenvalue weighted by atomic mass is 15.2. The molecule has 0 aliphatic heterocycles. The van der Waals surface area contributed by atoms with Gasteiger partial charge in [-0.1, -0.05) is 0 Å². The van der Waals surface area contributed by atoms with E-state index in [4.69, 9.17) is 0 Å². The number of aromatic nitrogens is 4. The average Bonchev–Trinajstić information content (AvgIpc) is 2.60. The Bertz CT molecular complexity index is 546. The summed E-state index contributed by atoms with van der Waals surface area (Å²) in [5.41, 5.74) is 3.54. The van der Waals surface area contributed by atoms with Crippen LogP contribution >= 0.6 is 0 Å². The predicted molar refractivity (Wildman–Crippen MR) is 63.0 cm³/mol. The van der Waals surface area contributed by atoms with Crippen molar-refractivity contribution in [1.82, 2.24) is 14.1 Å². The number of hydrogen-bond donors (Lipinski definition) is 0. The molecule has 0 N–H and O–H groups in total. The van der Waals surface area contributed by atoms with Crippen molar-refractivity contribution in [1.29, 1.82) is 0 Å². The minimum Gasteiger partial charge on any atom is -0.325 e. The van der Waals surface area contributed by atoms with Gasteiger partial charge in [0.1, 0.15) is 11.9 Å². The molecule has 2 heterocycles. The lowest BCUT2D eigenvalue weighted by Gasteiger charge is -2.00. The van der Waals surface area contributed by atoms with Gasteiger partial charge in [-0.3, -0.25) is 0 Å². The Kier molecular flexibility index (Phi) is 2.37. The van der Waals surface area contributed by atoms with Gasteiger partial charge < -0.3 is 4.57 Å². The van der Waals surface area contributed by atoms with E-state index < -0.39 is 0 Å². The molecule has 16 heavy (non-hydrogen) atoms. The van der Waals surface area contributed by atoms with Gasteiger partial charge in [0.25, 0.3) is 0 Å². The van der Waals surface area contributed by atoms with Crippen molar-refractivity contribution in [2.45, 2.75) is 20.8 Å². The van der Waals surface area contributed by atoms with E-state index in [0.29, 0.717) is 0 Å². The highest BCUT2D eigenvalue weighted by molar-refractivity contribution is 5.44. The summed E-state index contributed by atoms with van der Waals surface area (Å²) in [5, 5.41) is 0. The van der Waals surface area contributed by atoms with Crippen LogP contribution in [0.15, 0.2) is 6.20 Å². The summed E-state index contributed by atoms with van der Waals surface area (Å²) in [6.45, 7) is 6.25. The molecule has 0 bridgehead atoms. The average molecular weight is 219 g/mol. The molecule has 2 rings (SSSR count). The van der Waals surface area contributed by atoms with Crippen LogP contribution in [0.25, 0.3) is 11.6 Å². The zero-order valence-electron chi connectivity index (χ0n) is 10.9. The summed E-state index contributed by atoms with van der Waals surface area (Å²) in [5.74, 6) is 2.16. The molecule has 0 unspecified atom stereocenters. The van der Waals surface area contributed by atoms with Crippen LogP contribution in [0.1, 0.15) is 17.1 Å². The molecule has 2 aromatic heterocycles. The number of nitrogens with zero attached hydrogens (tertiary/aromatic N) is 4. The van der Waals surface area contributed by atoms with Crippen molar-refractivity contribution in [3.8, 4) is 11.6 Å². The number of aryl methyl sites for hydroxylation is 3. The van der Waals surface area contributed by atoms with Crippen LogP contribution in [0.2, 0.25) is 0 Å². The first-order valence-corrected chi connectivity index (χ1v) is 5.45. The van der Waals surface area contributed by atoms with E-state index >= 15 is 0 Å². The zero-order valence-corrected chi connectivity index (χ0v) is 10.9. The third-order valence-electron chi connectivity index (χ3n) is 3.38. The molecule has 0 amide bonds. The van der Waals surface area contributed by atoms with Gasteiger partial charge in [-0.15, -0.1) is 0 Å². The summed E-state index contributed by atoms with van der Waals surface area (Å²) in [4.78, 5) is 4.64. The molecule has 0 aliphatic carbocycles. The maximum Gasteiger partial charge on any atom is 0.325 e. The number of imidazole rings is 2. The summed E-state index contributed by atoms with van der Waals surface area (Å²) in [7, 11) is 6.19. The second-order valence-electron chi connectivity index (χ2n) is 4.43. The molecule has 4 nitrogen and oxygen atoms in total. The van der Waals surface area contributed by atoms with Crippen molar-refractivity contribution in [3.63, 3.8) is 0 Å². The summed E-state index contributed by atoms with van der Waals surface area (Å²) >= 11 is 0. The van der Waals surface area contributed by atoms with Gasteiger partial charge in [0.15, 0.2) is 0 Å². The zero-order chi connectivity index (χ0) is 12.0. The van der Waals surface area contributed by atoms with Crippen LogP contribution in [0.4, 0.5) is 0 Å². The van der Waals surface area contributed by atoms with E-state index in [2.05, 4.69) is 66.8 Å². The van der Waals surface area contributed by atoms with Crippen LogP contribution in [0.3, 0.4) is 0 Å². The van der Waals surface area contributed by atoms with Gasteiger partial charge in [0, 0.05) is 19.7 Å². The van der Waals surface area contributed by atoms with Crippen LogP contribution in [-0.4, -0.2) is 14.1 Å². The quantitative estimate of drug-likeness (QED) is 0.661. The molecular formula is C12H19N4+. The van der Waals surface area contributed by atoms with Crippen LogP contribution < -0.4 is 4.57 Å². The van der Waals surface area contributed by atoms with Crippen molar-refractivity contribution in [3.05, 3.63) is 23.3 Å². The monoisotopic (exact) mass is 219 g/mol. The maximum atomic E-state index is 4.64. The molecule has 2 aromatic rings. The summed E-state index contributed by atoms with van der Waals surface area (Å²) < 4.78 is 6.43. The third-order valence-corrected chi connectivity index (χ3v) is 3.38. The van der Waals surface area contributed by atoms with Crippen LogP contribution in [0, 0.1) is 20.8 Å². The Hall–Kier alpha value is -1.58. The fourth-order valence-corrected chi connectivity index (χ4v) is 2.06. The summed E-state index contributed by atoms with van der Waals surface area (Å²) in [6, 6.07) is 0. The molecule has 0 spiro atoms. The van der Waals surface area contributed by atoms with Crippen molar-refractivity contribution in [2.24, 2.45) is 21.1 Å². The first-order chi connectivity index (χ1) is 7.43. The molecule has 4 heteroatoms. The van der Waals surface area contributed by atoms with Crippen molar-refractivity contribution < 1.29 is 4.57 Å². The Morgan fingerprint density at radius 3 is 2.12 bits per heavy atom. The van der Waals surface area contributed by atoms with E-state index in [1.54, 1.807) is 0 Å². The lowest BCUT2D eigenvalue weighted by molar-refractivity contribution is -0.660. The van der Waals surface area contributed by atoms with Crippen LogP contribution in [-0.2, 0) is 21.1 Å². The molecule has 0 aromatic carbocycles. The third kappa shape index (κ3) is 1.37. The van der Waals surface area contributed by atoms with Gasteiger partial charge in [-0.25, -0.2) is 14.1 Å². The maximum absolute atomic E-state index is 4.64. The van der Waals surface area contributed by atoms with E-state index in [0.717, 1.165) is 17.3 Å². The minimum atomic E-state index is 1.02. The SMILES string of the molecule is Cc1nc(-c2n(C)c(C)c[n+]2C)n(C)c1C. The molecule has 0 aliphatic rings. The number of hydrogen-bond acceptors (Lipinski definition) is 1. The molecule has 86 valence electrons. The highest BCUT2D eigenvalue weighted by Gasteiger charge is 2.23. The predicted octanol–water partition coefficient (Wildman–Crippen LogP) is 1.18. The highest BCUT2D eigenvalue weighted by Crippen LogP contribution is 2.18. The van der Waals surface area contributed by atoms with Gasteiger partial charge in [-0.05, 0) is 13.8 Å². The Morgan fingerprint density at radius 2 is 1.75 bits per heavy atom. The van der Waals surface area contributed by atoms with Crippen molar-refractivity contribution in [2.75, 3.05) is 0 Å². The second-order valence-corrected chi connectivity index (χ2v) is 4.43. The van der Waals surface area contributed by atoms with Gasteiger partial charge >= 0.3 is 5.82 Å². The van der Waals surface area contributed by atoms with Gasteiger partial charge in [0.05, 0.1) is 19.8 Å². The molecular weight excluding hydrogens is 200 g/mol. The fraction of sp³-hybridized carbons (Fsp3) is 0.500. The largest absolute Gasteiger partial charge is 0.325 e. The normalized spacial score (nSPS) is 11.1. The Morgan fingerprint density at radius 1 is 1.12 bits per heavy atom. The molecule has 0 atom stereocenters. The molecule has 0 saturated heterocycles. The molecule has 0 radical (unpaired) electrons. The van der Waals surface area contributed by atoms with E-state index in [9.17, 15) is 0 Å². The summed E-state index contributed by atoms with van der Waals surface area (Å²) in [6.07, 6.45) is 2.12. The second kappa shape index (κ2) is 3.47. The van der Waals surface area contributed by atoms with E-state index in [1.807, 2.05) is 0 Å². The van der Waals surface area contributed by atoms with E-state index in [-0.39, 0.29) is 0 Å². The first-order valence-electron chi connectivity index (χ1n) is 5.45. The first kappa shape index (κ1) is 10.9. The van der Waals surface area contributed by atoms with Gasteiger partial charge in [-0.2, -0.15) is 0 Å². The Labute approximate surface area is 96.2 Å². The van der Waals surface area contributed by atoms with Gasteiger partial charge in [0.2, 0.25) is 5.82 Å². The van der Waals surface area contributed by atoms with Crippen molar-refractivity contribution >= 4 is 0 Å². The standard InChI is InChI=1S/C12H19N4/c1-8-7-14(4)12(15(8)5)11-13-9(2)10(3)16(11)6/h7H,1-6H3/q+1. The lowest BCUT2D eigenvalue weighted by atomic mass is 10.4. The van der Waals surface area contributed by atoms with E-state index in [1.165, 1.54) is 11.4 Å². The molecule has 0 fully saturated rings. The van der Waals surface area contributed by atoms with Crippen LogP contribution in [0.5, 0.6) is 0 Å². The smallest absolute Gasteiger partial charge is 0.325 e. The fourth-order valence-electron chi connectivity index (χ4n) is 2.06. The Balaban J connectivity index is 2.72. The topological polar surface area (TPSA) is 26.6 Å². The lowest BCUT2D eigenvalue weighted by Crippen LogP contribution is -2.29.